The highest BCUT2D eigenvalue weighted by Gasteiger charge is 2.17. The SMILES string of the molecule is Cc1ccc2c(=O)c(C(=O)N[C@H](C)c3cnn(C)c3)c[nH]c2n1. The Hall–Kier alpha value is -2.96. The van der Waals surface area contributed by atoms with E-state index in [1.54, 1.807) is 30.1 Å². The molecule has 0 fully saturated rings. The van der Waals surface area contributed by atoms with Crippen LogP contribution in [0.5, 0.6) is 0 Å². The van der Waals surface area contributed by atoms with Crippen LogP contribution in [-0.4, -0.2) is 25.7 Å². The second-order valence-electron chi connectivity index (χ2n) is 5.52. The highest BCUT2D eigenvalue weighted by molar-refractivity contribution is 5.96. The summed E-state index contributed by atoms with van der Waals surface area (Å²) in [5.41, 5.74) is 1.89. The summed E-state index contributed by atoms with van der Waals surface area (Å²) in [6.07, 6.45) is 4.91. The Morgan fingerprint density at radius 3 is 2.87 bits per heavy atom. The summed E-state index contributed by atoms with van der Waals surface area (Å²) in [6, 6.07) is 3.18. The first-order valence-corrected chi connectivity index (χ1v) is 7.24. The third-order valence-electron chi connectivity index (χ3n) is 3.69. The van der Waals surface area contributed by atoms with Gasteiger partial charge in [-0.25, -0.2) is 4.98 Å². The molecule has 7 heteroatoms. The maximum absolute atomic E-state index is 12.5. The number of fused-ring (bicyclic) bond motifs is 1. The molecule has 118 valence electrons. The van der Waals surface area contributed by atoms with Crippen molar-refractivity contribution in [1.82, 2.24) is 25.1 Å². The molecule has 0 aliphatic carbocycles. The number of hydrogen-bond donors (Lipinski definition) is 2. The first kappa shape index (κ1) is 15.0. The van der Waals surface area contributed by atoms with Gasteiger partial charge in [0.05, 0.1) is 17.6 Å². The van der Waals surface area contributed by atoms with Crippen molar-refractivity contribution in [3.8, 4) is 0 Å². The van der Waals surface area contributed by atoms with Crippen LogP contribution in [0.3, 0.4) is 0 Å². The van der Waals surface area contributed by atoms with Crippen LogP contribution in [0.1, 0.15) is 34.6 Å². The zero-order valence-electron chi connectivity index (χ0n) is 13.1. The molecule has 0 saturated carbocycles. The van der Waals surface area contributed by atoms with Gasteiger partial charge in [-0.15, -0.1) is 0 Å². The quantitative estimate of drug-likeness (QED) is 0.766. The van der Waals surface area contributed by atoms with Crippen LogP contribution in [0.25, 0.3) is 11.0 Å². The van der Waals surface area contributed by atoms with Crippen molar-refractivity contribution in [2.24, 2.45) is 7.05 Å². The van der Waals surface area contributed by atoms with E-state index in [0.29, 0.717) is 11.0 Å². The highest BCUT2D eigenvalue weighted by atomic mass is 16.2. The fraction of sp³-hybridized carbons (Fsp3) is 0.250. The summed E-state index contributed by atoms with van der Waals surface area (Å²) in [5.74, 6) is -0.426. The number of rotatable bonds is 3. The first-order chi connectivity index (χ1) is 11.0. The zero-order valence-corrected chi connectivity index (χ0v) is 13.1. The molecular weight excluding hydrogens is 294 g/mol. The molecule has 0 radical (unpaired) electrons. The van der Waals surface area contributed by atoms with Crippen molar-refractivity contribution >= 4 is 16.9 Å². The Bertz CT molecular complexity index is 941. The number of aryl methyl sites for hydroxylation is 2. The minimum absolute atomic E-state index is 0.0684. The largest absolute Gasteiger partial charge is 0.345 e. The number of aromatic amines is 1. The summed E-state index contributed by atoms with van der Waals surface area (Å²) in [4.78, 5) is 32.0. The highest BCUT2D eigenvalue weighted by Crippen LogP contribution is 2.12. The standard InChI is InChI=1S/C16H17N5O2/c1-9-4-5-12-14(22)13(7-17-15(12)19-9)16(23)20-10(2)11-6-18-21(3)8-11/h4-8,10H,1-3H3,(H,20,23)(H,17,19,22)/t10-/m1/s1. The topological polar surface area (TPSA) is 92.7 Å². The van der Waals surface area contributed by atoms with E-state index in [-0.39, 0.29) is 17.0 Å². The fourth-order valence-corrected chi connectivity index (χ4v) is 2.39. The molecule has 0 bridgehead atoms. The molecule has 0 spiro atoms. The molecule has 0 saturated heterocycles. The maximum atomic E-state index is 12.5. The van der Waals surface area contributed by atoms with E-state index in [1.165, 1.54) is 6.20 Å². The average molecular weight is 311 g/mol. The number of carbonyl (C=O) groups is 1. The van der Waals surface area contributed by atoms with Gasteiger partial charge >= 0.3 is 0 Å². The number of hydrogen-bond acceptors (Lipinski definition) is 4. The Morgan fingerprint density at radius 2 is 2.17 bits per heavy atom. The number of pyridine rings is 2. The summed E-state index contributed by atoms with van der Waals surface area (Å²) in [6.45, 7) is 3.68. The molecule has 23 heavy (non-hydrogen) atoms. The van der Waals surface area contributed by atoms with Crippen LogP contribution in [-0.2, 0) is 7.05 Å². The molecule has 1 atom stereocenters. The lowest BCUT2D eigenvalue weighted by atomic mass is 10.1. The van der Waals surface area contributed by atoms with E-state index in [2.05, 4.69) is 20.4 Å². The molecule has 2 N–H and O–H groups in total. The second kappa shape index (κ2) is 5.68. The van der Waals surface area contributed by atoms with Gasteiger partial charge in [-0.1, -0.05) is 0 Å². The second-order valence-corrected chi connectivity index (χ2v) is 5.52. The van der Waals surface area contributed by atoms with Crippen molar-refractivity contribution in [3.63, 3.8) is 0 Å². The predicted octanol–water partition coefficient (Wildman–Crippen LogP) is 1.46. The molecule has 3 aromatic rings. The van der Waals surface area contributed by atoms with Gasteiger partial charge in [-0.05, 0) is 26.0 Å². The third-order valence-corrected chi connectivity index (χ3v) is 3.69. The third kappa shape index (κ3) is 2.85. The first-order valence-electron chi connectivity index (χ1n) is 7.24. The van der Waals surface area contributed by atoms with Gasteiger partial charge in [0.15, 0.2) is 0 Å². The van der Waals surface area contributed by atoms with E-state index in [4.69, 9.17) is 0 Å². The molecule has 7 nitrogen and oxygen atoms in total. The predicted molar refractivity (Wildman–Crippen MR) is 86.2 cm³/mol. The van der Waals surface area contributed by atoms with Gasteiger partial charge in [0, 0.05) is 30.7 Å². The fourth-order valence-electron chi connectivity index (χ4n) is 2.39. The normalized spacial score (nSPS) is 12.3. The summed E-state index contributed by atoms with van der Waals surface area (Å²) in [5, 5.41) is 7.28. The Morgan fingerprint density at radius 1 is 1.39 bits per heavy atom. The van der Waals surface area contributed by atoms with Gasteiger partial charge in [0.1, 0.15) is 11.2 Å². The summed E-state index contributed by atoms with van der Waals surface area (Å²) in [7, 11) is 1.81. The Labute approximate surface area is 132 Å². The van der Waals surface area contributed by atoms with Crippen LogP contribution >= 0.6 is 0 Å². The molecule has 3 rings (SSSR count). The molecule has 0 aliphatic heterocycles. The monoisotopic (exact) mass is 311 g/mol. The van der Waals surface area contributed by atoms with Gasteiger partial charge in [-0.2, -0.15) is 5.10 Å². The minimum Gasteiger partial charge on any atom is -0.345 e. The number of H-pyrrole nitrogens is 1. The minimum atomic E-state index is -0.426. The van der Waals surface area contributed by atoms with E-state index < -0.39 is 5.91 Å². The molecular formula is C16H17N5O2. The summed E-state index contributed by atoms with van der Waals surface area (Å²) < 4.78 is 1.66. The number of carbonyl (C=O) groups excluding carboxylic acids is 1. The van der Waals surface area contributed by atoms with Crippen molar-refractivity contribution in [1.29, 1.82) is 0 Å². The molecule has 1 amide bonds. The van der Waals surface area contributed by atoms with Gasteiger partial charge in [0.25, 0.3) is 5.91 Å². The Balaban J connectivity index is 1.90. The van der Waals surface area contributed by atoms with Crippen molar-refractivity contribution in [2.75, 3.05) is 0 Å². The van der Waals surface area contributed by atoms with Crippen molar-refractivity contribution < 1.29 is 4.79 Å². The van der Waals surface area contributed by atoms with Gasteiger partial charge in [-0.3, -0.25) is 14.3 Å². The number of nitrogens with zero attached hydrogens (tertiary/aromatic N) is 3. The van der Waals surface area contributed by atoms with E-state index >= 15 is 0 Å². The Kier molecular flexibility index (Phi) is 3.69. The zero-order chi connectivity index (χ0) is 16.6. The van der Waals surface area contributed by atoms with Crippen LogP contribution in [0.2, 0.25) is 0 Å². The molecule has 0 aromatic carbocycles. The molecule has 3 heterocycles. The molecule has 3 aromatic heterocycles. The lowest BCUT2D eigenvalue weighted by molar-refractivity contribution is 0.0938. The molecule has 0 aliphatic rings. The van der Waals surface area contributed by atoms with Crippen LogP contribution < -0.4 is 10.7 Å². The average Bonchev–Trinajstić information content (AvgIpc) is 2.94. The smallest absolute Gasteiger partial charge is 0.257 e. The van der Waals surface area contributed by atoms with Crippen LogP contribution in [0.15, 0.2) is 35.5 Å². The lowest BCUT2D eigenvalue weighted by Gasteiger charge is -2.12. The number of nitrogens with one attached hydrogen (secondary N) is 2. The van der Waals surface area contributed by atoms with E-state index in [9.17, 15) is 9.59 Å². The number of amides is 1. The number of aromatic nitrogens is 4. The van der Waals surface area contributed by atoms with Crippen LogP contribution in [0.4, 0.5) is 0 Å². The van der Waals surface area contributed by atoms with Gasteiger partial charge < -0.3 is 10.3 Å². The van der Waals surface area contributed by atoms with Crippen molar-refractivity contribution in [3.05, 3.63) is 57.8 Å². The maximum Gasteiger partial charge on any atom is 0.257 e. The van der Waals surface area contributed by atoms with Crippen LogP contribution in [0, 0.1) is 6.92 Å². The van der Waals surface area contributed by atoms with Gasteiger partial charge in [0.2, 0.25) is 5.43 Å². The lowest BCUT2D eigenvalue weighted by Crippen LogP contribution is -2.31. The summed E-state index contributed by atoms with van der Waals surface area (Å²) >= 11 is 0. The van der Waals surface area contributed by atoms with E-state index in [1.807, 2.05) is 20.0 Å². The molecule has 0 unspecified atom stereocenters. The van der Waals surface area contributed by atoms with Crippen molar-refractivity contribution in [2.45, 2.75) is 19.9 Å². The van der Waals surface area contributed by atoms with E-state index in [0.717, 1.165) is 11.3 Å².